The number of nitrogens with one attached hydrogen (secondary N) is 1. The van der Waals surface area contributed by atoms with E-state index in [2.05, 4.69) is 10.3 Å². The molecule has 1 heterocycles. The lowest BCUT2D eigenvalue weighted by Crippen LogP contribution is -2.31. The largest absolute Gasteiger partial charge is 0.358 e. The van der Waals surface area contributed by atoms with E-state index in [4.69, 9.17) is 0 Å². The highest BCUT2D eigenvalue weighted by Crippen LogP contribution is 2.47. The SMILES string of the molecule is CNC(=O)C1(c2cccnc2)CC1. The van der Waals surface area contributed by atoms with Crippen LogP contribution in [0.2, 0.25) is 0 Å². The van der Waals surface area contributed by atoms with Crippen LogP contribution >= 0.6 is 0 Å². The van der Waals surface area contributed by atoms with Crippen LogP contribution in [-0.2, 0) is 10.2 Å². The average molecular weight is 176 g/mol. The molecule has 1 amide bonds. The zero-order valence-electron chi connectivity index (χ0n) is 7.58. The fraction of sp³-hybridized carbons (Fsp3) is 0.400. The van der Waals surface area contributed by atoms with Crippen molar-refractivity contribution >= 4 is 5.91 Å². The van der Waals surface area contributed by atoms with E-state index in [-0.39, 0.29) is 11.3 Å². The van der Waals surface area contributed by atoms with Gasteiger partial charge in [0.2, 0.25) is 5.91 Å². The van der Waals surface area contributed by atoms with Crippen LogP contribution in [0.4, 0.5) is 0 Å². The predicted molar refractivity (Wildman–Crippen MR) is 49.2 cm³/mol. The Bertz CT molecular complexity index is 317. The van der Waals surface area contributed by atoms with Gasteiger partial charge in [-0.3, -0.25) is 9.78 Å². The normalized spacial score (nSPS) is 17.9. The molecule has 68 valence electrons. The summed E-state index contributed by atoms with van der Waals surface area (Å²) in [6.07, 6.45) is 5.39. The number of aromatic nitrogens is 1. The van der Waals surface area contributed by atoms with Gasteiger partial charge in [0, 0.05) is 19.4 Å². The van der Waals surface area contributed by atoms with Gasteiger partial charge >= 0.3 is 0 Å². The van der Waals surface area contributed by atoms with Gasteiger partial charge in [0.25, 0.3) is 0 Å². The third-order valence-electron chi connectivity index (χ3n) is 2.63. The lowest BCUT2D eigenvalue weighted by atomic mass is 9.97. The zero-order chi connectivity index (χ0) is 9.31. The fourth-order valence-corrected chi connectivity index (χ4v) is 1.66. The second kappa shape index (κ2) is 2.83. The Balaban J connectivity index is 2.31. The van der Waals surface area contributed by atoms with Crippen molar-refractivity contribution in [1.29, 1.82) is 0 Å². The number of hydrogen-bond donors (Lipinski definition) is 1. The van der Waals surface area contributed by atoms with Crippen molar-refractivity contribution in [2.24, 2.45) is 0 Å². The van der Waals surface area contributed by atoms with Crippen molar-refractivity contribution in [3.05, 3.63) is 30.1 Å². The second-order valence-electron chi connectivity index (χ2n) is 3.40. The molecular formula is C10H12N2O. The van der Waals surface area contributed by atoms with E-state index in [0.29, 0.717) is 0 Å². The van der Waals surface area contributed by atoms with Gasteiger partial charge in [-0.05, 0) is 24.5 Å². The average Bonchev–Trinajstić information content (AvgIpc) is 2.99. The monoisotopic (exact) mass is 176 g/mol. The Morgan fingerprint density at radius 1 is 1.62 bits per heavy atom. The van der Waals surface area contributed by atoms with Crippen molar-refractivity contribution in [3.8, 4) is 0 Å². The number of nitrogens with zero attached hydrogens (tertiary/aromatic N) is 1. The minimum Gasteiger partial charge on any atom is -0.358 e. The van der Waals surface area contributed by atoms with E-state index >= 15 is 0 Å². The van der Waals surface area contributed by atoms with Crippen LogP contribution in [0, 0.1) is 0 Å². The van der Waals surface area contributed by atoms with Gasteiger partial charge in [-0.1, -0.05) is 6.07 Å². The van der Waals surface area contributed by atoms with E-state index in [1.165, 1.54) is 0 Å². The molecule has 1 saturated carbocycles. The summed E-state index contributed by atoms with van der Waals surface area (Å²) in [4.78, 5) is 15.6. The fourth-order valence-electron chi connectivity index (χ4n) is 1.66. The quantitative estimate of drug-likeness (QED) is 0.726. The van der Waals surface area contributed by atoms with E-state index in [9.17, 15) is 4.79 Å². The standard InChI is InChI=1S/C10H12N2O/c1-11-9(13)10(4-5-10)8-3-2-6-12-7-8/h2-3,6-7H,4-5H2,1H3,(H,11,13). The van der Waals surface area contributed by atoms with Crippen LogP contribution in [0.3, 0.4) is 0 Å². The molecule has 1 aromatic rings. The molecule has 0 unspecified atom stereocenters. The van der Waals surface area contributed by atoms with Crippen LogP contribution in [0.15, 0.2) is 24.5 Å². The van der Waals surface area contributed by atoms with Crippen LogP contribution in [0.25, 0.3) is 0 Å². The maximum absolute atomic E-state index is 11.6. The summed E-state index contributed by atoms with van der Waals surface area (Å²) in [7, 11) is 1.68. The van der Waals surface area contributed by atoms with Gasteiger partial charge in [-0.2, -0.15) is 0 Å². The van der Waals surface area contributed by atoms with Crippen LogP contribution < -0.4 is 5.32 Å². The van der Waals surface area contributed by atoms with Gasteiger partial charge in [0.1, 0.15) is 0 Å². The first-order chi connectivity index (χ1) is 6.29. The number of likely N-dealkylation sites (N-methyl/N-ethyl adjacent to an activating group) is 1. The Morgan fingerprint density at radius 2 is 2.38 bits per heavy atom. The molecule has 1 aromatic heterocycles. The summed E-state index contributed by atoms with van der Waals surface area (Å²) in [5.41, 5.74) is 0.776. The Morgan fingerprint density at radius 3 is 2.85 bits per heavy atom. The minimum atomic E-state index is -0.261. The molecule has 0 bridgehead atoms. The number of pyridine rings is 1. The smallest absolute Gasteiger partial charge is 0.230 e. The molecule has 13 heavy (non-hydrogen) atoms. The Kier molecular flexibility index (Phi) is 1.79. The number of rotatable bonds is 2. The third kappa shape index (κ3) is 1.20. The first-order valence-electron chi connectivity index (χ1n) is 4.42. The summed E-state index contributed by atoms with van der Waals surface area (Å²) in [5, 5.41) is 2.70. The topological polar surface area (TPSA) is 42.0 Å². The molecule has 0 radical (unpaired) electrons. The maximum Gasteiger partial charge on any atom is 0.230 e. The maximum atomic E-state index is 11.6. The molecule has 0 aromatic carbocycles. The van der Waals surface area contributed by atoms with Crippen molar-refractivity contribution in [2.75, 3.05) is 7.05 Å². The number of carbonyl (C=O) groups excluding carboxylic acids is 1. The highest BCUT2D eigenvalue weighted by atomic mass is 16.2. The van der Waals surface area contributed by atoms with Crippen LogP contribution in [-0.4, -0.2) is 17.9 Å². The molecule has 0 atom stereocenters. The Labute approximate surface area is 77.2 Å². The molecule has 0 aliphatic heterocycles. The molecule has 1 fully saturated rings. The highest BCUT2D eigenvalue weighted by molar-refractivity contribution is 5.90. The molecule has 3 heteroatoms. The van der Waals surface area contributed by atoms with E-state index in [1.807, 2.05) is 12.1 Å². The molecule has 1 N–H and O–H groups in total. The highest BCUT2D eigenvalue weighted by Gasteiger charge is 2.50. The minimum absolute atomic E-state index is 0.112. The van der Waals surface area contributed by atoms with Gasteiger partial charge in [0.15, 0.2) is 0 Å². The first-order valence-corrected chi connectivity index (χ1v) is 4.42. The van der Waals surface area contributed by atoms with Crippen molar-refractivity contribution in [3.63, 3.8) is 0 Å². The first kappa shape index (κ1) is 8.23. The summed E-state index contributed by atoms with van der Waals surface area (Å²) in [6, 6.07) is 3.84. The molecular weight excluding hydrogens is 164 g/mol. The van der Waals surface area contributed by atoms with Crippen molar-refractivity contribution < 1.29 is 4.79 Å². The van der Waals surface area contributed by atoms with Gasteiger partial charge in [-0.15, -0.1) is 0 Å². The molecule has 0 saturated heterocycles. The zero-order valence-corrected chi connectivity index (χ0v) is 7.58. The molecule has 0 spiro atoms. The molecule has 1 aliphatic carbocycles. The van der Waals surface area contributed by atoms with Crippen LogP contribution in [0.1, 0.15) is 18.4 Å². The number of amides is 1. The van der Waals surface area contributed by atoms with Gasteiger partial charge in [-0.25, -0.2) is 0 Å². The van der Waals surface area contributed by atoms with Crippen molar-refractivity contribution in [1.82, 2.24) is 10.3 Å². The van der Waals surface area contributed by atoms with E-state index < -0.39 is 0 Å². The summed E-state index contributed by atoms with van der Waals surface area (Å²) in [6.45, 7) is 0. The van der Waals surface area contributed by atoms with Crippen molar-refractivity contribution in [2.45, 2.75) is 18.3 Å². The summed E-state index contributed by atoms with van der Waals surface area (Å²) in [5.74, 6) is 0.112. The van der Waals surface area contributed by atoms with E-state index in [1.54, 1.807) is 19.4 Å². The second-order valence-corrected chi connectivity index (χ2v) is 3.40. The van der Waals surface area contributed by atoms with Gasteiger partial charge < -0.3 is 5.32 Å². The summed E-state index contributed by atoms with van der Waals surface area (Å²) < 4.78 is 0. The Hall–Kier alpha value is -1.38. The molecule has 2 rings (SSSR count). The predicted octanol–water partition coefficient (Wildman–Crippen LogP) is 0.859. The lowest BCUT2D eigenvalue weighted by Gasteiger charge is -2.12. The number of carbonyl (C=O) groups is 1. The van der Waals surface area contributed by atoms with E-state index in [0.717, 1.165) is 18.4 Å². The van der Waals surface area contributed by atoms with Crippen LogP contribution in [0.5, 0.6) is 0 Å². The summed E-state index contributed by atoms with van der Waals surface area (Å²) >= 11 is 0. The molecule has 3 nitrogen and oxygen atoms in total. The number of hydrogen-bond acceptors (Lipinski definition) is 2. The third-order valence-corrected chi connectivity index (χ3v) is 2.63. The van der Waals surface area contributed by atoms with Gasteiger partial charge in [0.05, 0.1) is 5.41 Å². The lowest BCUT2D eigenvalue weighted by molar-refractivity contribution is -0.123. The molecule has 1 aliphatic rings.